The van der Waals surface area contributed by atoms with Gasteiger partial charge in [-0.25, -0.2) is 19.2 Å². The molecule has 8 nitrogen and oxygen atoms in total. The molecule has 1 aliphatic heterocycles. The van der Waals surface area contributed by atoms with Crippen LogP contribution in [0.1, 0.15) is 39.2 Å². The molecule has 2 heterocycles. The summed E-state index contributed by atoms with van der Waals surface area (Å²) in [6.07, 6.45) is 4.24. The number of benzene rings is 2. The molecule has 0 radical (unpaired) electrons. The van der Waals surface area contributed by atoms with Crippen LogP contribution in [0.2, 0.25) is 10.0 Å². The monoisotopic (exact) mass is 576 g/mol. The Bertz CT molecular complexity index is 1390. The maximum absolute atomic E-state index is 14.9. The number of allylic oxidation sites excluding steroid dienone is 1. The lowest BCUT2D eigenvalue weighted by molar-refractivity contribution is 0.0124. The summed E-state index contributed by atoms with van der Waals surface area (Å²) in [5.41, 5.74) is 0.865. The number of hydrogen-bond acceptors (Lipinski definition) is 7. The molecule has 0 spiro atoms. The second kappa shape index (κ2) is 11.8. The summed E-state index contributed by atoms with van der Waals surface area (Å²) in [6.45, 7) is 10.4. The predicted octanol–water partition coefficient (Wildman–Crippen LogP) is 7.33. The van der Waals surface area contributed by atoms with Crippen molar-refractivity contribution in [1.29, 1.82) is 0 Å². The summed E-state index contributed by atoms with van der Waals surface area (Å²) in [6, 6.07) is 4.75. The van der Waals surface area contributed by atoms with Gasteiger partial charge in [0, 0.05) is 37.6 Å². The lowest BCUT2D eigenvalue weighted by Gasteiger charge is -2.34. The van der Waals surface area contributed by atoms with Crippen LogP contribution in [0.15, 0.2) is 37.2 Å². The number of carbonyl (C=O) groups excluding carboxylic acids is 1. The lowest BCUT2D eigenvalue weighted by atomic mass is 10.0. The average Bonchev–Trinajstić information content (AvgIpc) is 2.89. The van der Waals surface area contributed by atoms with Crippen LogP contribution in [0.25, 0.3) is 10.9 Å². The average molecular weight is 577 g/mol. The van der Waals surface area contributed by atoms with Crippen LogP contribution in [0.3, 0.4) is 0 Å². The van der Waals surface area contributed by atoms with E-state index in [0.29, 0.717) is 60.6 Å². The molecule has 4 rings (SSSR count). The number of halogens is 3. The zero-order valence-electron chi connectivity index (χ0n) is 22.3. The third kappa shape index (κ3) is 6.47. The molecule has 1 amide bonds. The summed E-state index contributed by atoms with van der Waals surface area (Å²) in [4.78, 5) is 23.0. The Morgan fingerprint density at radius 3 is 2.62 bits per heavy atom. The minimum absolute atomic E-state index is 0.109. The van der Waals surface area contributed by atoms with Crippen molar-refractivity contribution in [2.24, 2.45) is 0 Å². The van der Waals surface area contributed by atoms with Crippen molar-refractivity contribution in [3.8, 4) is 11.5 Å². The van der Waals surface area contributed by atoms with E-state index in [1.165, 1.54) is 18.5 Å². The second-order valence-corrected chi connectivity index (χ2v) is 10.9. The fraction of sp³-hybridized carbons (Fsp3) is 0.393. The van der Waals surface area contributed by atoms with E-state index in [-0.39, 0.29) is 27.9 Å². The Morgan fingerprint density at radius 2 is 1.97 bits per heavy atom. The minimum atomic E-state index is -0.692. The molecule has 0 saturated carbocycles. The van der Waals surface area contributed by atoms with Gasteiger partial charge in [0.2, 0.25) is 0 Å². The smallest absolute Gasteiger partial charge is 0.410 e. The van der Waals surface area contributed by atoms with Gasteiger partial charge in [0.1, 0.15) is 23.9 Å². The highest BCUT2D eigenvalue weighted by Crippen LogP contribution is 2.42. The molecule has 2 aromatic carbocycles. The molecule has 0 atom stereocenters. The minimum Gasteiger partial charge on any atom is -0.493 e. The fourth-order valence-corrected chi connectivity index (χ4v) is 4.68. The van der Waals surface area contributed by atoms with E-state index in [4.69, 9.17) is 37.4 Å². The van der Waals surface area contributed by atoms with Crippen LogP contribution in [-0.4, -0.2) is 52.9 Å². The molecule has 1 aromatic heterocycles. The summed E-state index contributed by atoms with van der Waals surface area (Å²) in [5, 5.41) is 3.58. The molecule has 1 aliphatic rings. The molecule has 39 heavy (non-hydrogen) atoms. The molecular formula is C28H31Cl2FN4O4. The van der Waals surface area contributed by atoms with Gasteiger partial charge in [0.05, 0.1) is 33.7 Å². The number of rotatable bonds is 7. The highest BCUT2D eigenvalue weighted by atomic mass is 35.5. The Balaban J connectivity index is 1.67. The number of fused-ring (bicyclic) bond motifs is 1. The summed E-state index contributed by atoms with van der Waals surface area (Å²) in [7, 11) is 1.56. The number of hydrogen-bond donors (Lipinski definition) is 1. The van der Waals surface area contributed by atoms with Gasteiger partial charge in [-0.05, 0) is 39.3 Å². The molecule has 11 heteroatoms. The van der Waals surface area contributed by atoms with Gasteiger partial charge in [-0.2, -0.15) is 0 Å². The molecule has 1 fully saturated rings. The van der Waals surface area contributed by atoms with E-state index in [1.54, 1.807) is 24.2 Å². The quantitative estimate of drug-likeness (QED) is 0.232. The number of anilines is 2. The molecule has 1 N–H and O–H groups in total. The highest BCUT2D eigenvalue weighted by Gasteiger charge is 2.29. The first-order valence-electron chi connectivity index (χ1n) is 12.5. The van der Waals surface area contributed by atoms with Gasteiger partial charge < -0.3 is 24.4 Å². The van der Waals surface area contributed by atoms with Crippen molar-refractivity contribution in [1.82, 2.24) is 14.9 Å². The molecule has 3 aromatic rings. The number of carbonyl (C=O) groups is 1. The molecule has 0 bridgehead atoms. The zero-order valence-corrected chi connectivity index (χ0v) is 23.8. The number of nitrogens with one attached hydrogen (secondary N) is 1. The zero-order chi connectivity index (χ0) is 28.3. The Kier molecular flexibility index (Phi) is 8.71. The molecule has 0 unspecified atom stereocenters. The first-order valence-corrected chi connectivity index (χ1v) is 13.3. The van der Waals surface area contributed by atoms with E-state index in [1.807, 2.05) is 20.8 Å². The third-order valence-electron chi connectivity index (χ3n) is 6.18. The standard InChI is InChI=1S/C28H31Cl2FN4O4/c1-6-7-17-22-20(32-15-33-26(22)34-19-9-8-18(29)23(30)24(19)31)14-21(37-5)25(17)38-16-10-12-35(13-11-16)27(36)39-28(2,3)4/h6,8-9,14-16H,1,7,10-13H2,2-5H3,(H,32,33,34). The van der Waals surface area contributed by atoms with Gasteiger partial charge in [-0.3, -0.25) is 0 Å². The largest absolute Gasteiger partial charge is 0.493 e. The molecule has 0 aliphatic carbocycles. The fourth-order valence-electron chi connectivity index (χ4n) is 4.37. The van der Waals surface area contributed by atoms with Crippen LogP contribution in [0.4, 0.5) is 20.7 Å². The van der Waals surface area contributed by atoms with Crippen molar-refractivity contribution >= 4 is 51.7 Å². The summed E-state index contributed by atoms with van der Waals surface area (Å²) >= 11 is 12.0. The number of piperidine rings is 1. The van der Waals surface area contributed by atoms with Crippen molar-refractivity contribution in [3.05, 3.63) is 58.6 Å². The van der Waals surface area contributed by atoms with Gasteiger partial charge in [0.15, 0.2) is 17.3 Å². The van der Waals surface area contributed by atoms with E-state index in [0.717, 1.165) is 5.56 Å². The predicted molar refractivity (Wildman–Crippen MR) is 151 cm³/mol. The SMILES string of the molecule is C=CCc1c(OC2CCN(C(=O)OC(C)(C)C)CC2)c(OC)cc2ncnc(Nc3ccc(Cl)c(Cl)c3F)c12. The van der Waals surface area contributed by atoms with E-state index < -0.39 is 11.4 Å². The number of likely N-dealkylation sites (tertiary alicyclic amines) is 1. The Hall–Kier alpha value is -3.30. The van der Waals surface area contributed by atoms with Crippen LogP contribution in [0.5, 0.6) is 11.5 Å². The van der Waals surface area contributed by atoms with Gasteiger partial charge in [0.25, 0.3) is 0 Å². The van der Waals surface area contributed by atoms with Gasteiger partial charge in [-0.15, -0.1) is 6.58 Å². The Labute approximate surface area is 237 Å². The van der Waals surface area contributed by atoms with E-state index in [9.17, 15) is 9.18 Å². The third-order valence-corrected chi connectivity index (χ3v) is 6.96. The number of methoxy groups -OCH3 is 1. The van der Waals surface area contributed by atoms with Crippen LogP contribution in [0, 0.1) is 5.82 Å². The first-order chi connectivity index (χ1) is 18.5. The van der Waals surface area contributed by atoms with Crippen LogP contribution >= 0.6 is 23.2 Å². The van der Waals surface area contributed by atoms with Crippen molar-refractivity contribution in [3.63, 3.8) is 0 Å². The second-order valence-electron chi connectivity index (χ2n) is 10.1. The lowest BCUT2D eigenvalue weighted by Crippen LogP contribution is -2.44. The maximum Gasteiger partial charge on any atom is 0.410 e. The number of ether oxygens (including phenoxy) is 3. The maximum atomic E-state index is 14.9. The first kappa shape index (κ1) is 28.7. The Morgan fingerprint density at radius 1 is 1.26 bits per heavy atom. The molecule has 208 valence electrons. The van der Waals surface area contributed by atoms with Crippen molar-refractivity contribution in [2.45, 2.75) is 51.7 Å². The van der Waals surface area contributed by atoms with Crippen LogP contribution < -0.4 is 14.8 Å². The summed E-state index contributed by atoms with van der Waals surface area (Å²) in [5.74, 6) is 0.691. The van der Waals surface area contributed by atoms with E-state index >= 15 is 0 Å². The van der Waals surface area contributed by atoms with Gasteiger partial charge >= 0.3 is 6.09 Å². The number of aromatic nitrogens is 2. The van der Waals surface area contributed by atoms with Gasteiger partial charge in [-0.1, -0.05) is 29.3 Å². The normalized spacial score (nSPS) is 14.3. The molecular weight excluding hydrogens is 546 g/mol. The number of nitrogens with zero attached hydrogens (tertiary/aromatic N) is 3. The van der Waals surface area contributed by atoms with Crippen molar-refractivity contribution in [2.75, 3.05) is 25.5 Å². The van der Waals surface area contributed by atoms with E-state index in [2.05, 4.69) is 21.9 Å². The summed E-state index contributed by atoms with van der Waals surface area (Å²) < 4.78 is 32.6. The van der Waals surface area contributed by atoms with Crippen molar-refractivity contribution < 1.29 is 23.4 Å². The number of amides is 1. The molecule has 1 saturated heterocycles. The topological polar surface area (TPSA) is 85.8 Å². The van der Waals surface area contributed by atoms with Crippen LogP contribution in [-0.2, 0) is 11.2 Å². The highest BCUT2D eigenvalue weighted by molar-refractivity contribution is 6.42.